The Morgan fingerprint density at radius 2 is 1.73 bits per heavy atom. The first kappa shape index (κ1) is 25.9. The lowest BCUT2D eigenvalue weighted by Gasteiger charge is -2.24. The number of hydrogen-bond acceptors (Lipinski definition) is 6. The summed E-state index contributed by atoms with van der Waals surface area (Å²) in [5, 5.41) is 0. The molecule has 1 amide bonds. The van der Waals surface area contributed by atoms with E-state index in [1.165, 1.54) is 19.3 Å². The number of fused-ring (bicyclic) bond motifs is 1. The second-order valence-electron chi connectivity index (χ2n) is 10.5. The van der Waals surface area contributed by atoms with Gasteiger partial charge in [-0.3, -0.25) is 18.8 Å². The molecular formula is C31H34N6O3. The standard InChI is InChI=1S/C31H34N6O3/c32-30-29-27(15-17-33-30)36(24-16-21-35(22-24)28(38)10-7-20-34-18-5-2-6-19-34)31(39)37(29)23-11-13-26(14-12-23)40-25-8-3-1-4-9-25/h1,3-4,7-15,17,24H,2,5-6,16,18-22H2,(H2,32,33)/b10-7+/t24-/m1/s1. The highest BCUT2D eigenvalue weighted by Crippen LogP contribution is 2.29. The van der Waals surface area contributed by atoms with Crippen LogP contribution in [-0.4, -0.2) is 62.5 Å². The summed E-state index contributed by atoms with van der Waals surface area (Å²) >= 11 is 0. The number of nitrogen functional groups attached to an aromatic ring is 1. The fraction of sp³-hybridized carbons (Fsp3) is 0.323. The van der Waals surface area contributed by atoms with Gasteiger partial charge in [0.25, 0.3) is 0 Å². The monoisotopic (exact) mass is 538 g/mol. The average molecular weight is 539 g/mol. The molecule has 40 heavy (non-hydrogen) atoms. The molecule has 0 saturated carbocycles. The van der Waals surface area contributed by atoms with Gasteiger partial charge in [-0.25, -0.2) is 9.78 Å². The minimum absolute atomic E-state index is 0.00789. The molecule has 0 bridgehead atoms. The van der Waals surface area contributed by atoms with Crippen LogP contribution in [0.2, 0.25) is 0 Å². The zero-order valence-electron chi connectivity index (χ0n) is 22.5. The van der Waals surface area contributed by atoms with Crippen molar-refractivity contribution in [3.63, 3.8) is 0 Å². The molecule has 0 spiro atoms. The van der Waals surface area contributed by atoms with Crippen LogP contribution in [0, 0.1) is 0 Å². The molecule has 0 aliphatic carbocycles. The van der Waals surface area contributed by atoms with Gasteiger partial charge in [-0.2, -0.15) is 0 Å². The number of aromatic nitrogens is 3. The second kappa shape index (κ2) is 11.4. The van der Waals surface area contributed by atoms with Crippen LogP contribution in [0.4, 0.5) is 5.82 Å². The number of rotatable bonds is 7. The fourth-order valence-corrected chi connectivity index (χ4v) is 5.77. The first-order chi connectivity index (χ1) is 19.6. The van der Waals surface area contributed by atoms with Crippen molar-refractivity contribution < 1.29 is 9.53 Å². The molecule has 206 valence electrons. The van der Waals surface area contributed by atoms with Crippen LogP contribution in [-0.2, 0) is 4.79 Å². The van der Waals surface area contributed by atoms with Crippen LogP contribution in [0.15, 0.2) is 83.8 Å². The van der Waals surface area contributed by atoms with E-state index in [2.05, 4.69) is 9.88 Å². The van der Waals surface area contributed by atoms with Gasteiger partial charge in [0, 0.05) is 31.9 Å². The molecule has 2 N–H and O–H groups in total. The Bertz CT molecular complexity index is 1570. The number of nitrogens with zero attached hydrogens (tertiary/aromatic N) is 5. The van der Waals surface area contributed by atoms with Gasteiger partial charge in [-0.1, -0.05) is 30.7 Å². The number of amides is 1. The van der Waals surface area contributed by atoms with Crippen molar-refractivity contribution in [2.75, 3.05) is 38.5 Å². The number of ether oxygens (including phenoxy) is 1. The summed E-state index contributed by atoms with van der Waals surface area (Å²) < 4.78 is 9.29. The predicted molar refractivity (Wildman–Crippen MR) is 156 cm³/mol. The van der Waals surface area contributed by atoms with Crippen LogP contribution in [0.1, 0.15) is 31.7 Å². The highest BCUT2D eigenvalue weighted by molar-refractivity contribution is 5.88. The third kappa shape index (κ3) is 5.24. The Labute approximate surface area is 233 Å². The smallest absolute Gasteiger partial charge is 0.334 e. The van der Waals surface area contributed by atoms with E-state index in [9.17, 15) is 9.59 Å². The summed E-state index contributed by atoms with van der Waals surface area (Å²) in [5.41, 5.74) is 8.05. The number of carbonyl (C=O) groups excluding carboxylic acids is 1. The summed E-state index contributed by atoms with van der Waals surface area (Å²) in [6.45, 7) is 4.06. The van der Waals surface area contributed by atoms with Gasteiger partial charge in [0.15, 0.2) is 0 Å². The fourth-order valence-electron chi connectivity index (χ4n) is 5.77. The minimum atomic E-state index is -0.202. The molecule has 6 rings (SSSR count). The van der Waals surface area contributed by atoms with Crippen molar-refractivity contribution in [1.29, 1.82) is 0 Å². The predicted octanol–water partition coefficient (Wildman–Crippen LogP) is 4.38. The van der Waals surface area contributed by atoms with E-state index in [1.807, 2.05) is 71.6 Å². The molecule has 2 aliphatic rings. The second-order valence-corrected chi connectivity index (χ2v) is 10.5. The normalized spacial score (nSPS) is 18.1. The summed E-state index contributed by atoms with van der Waals surface area (Å²) in [6.07, 6.45) is 9.71. The van der Waals surface area contributed by atoms with Crippen LogP contribution in [0.5, 0.6) is 11.5 Å². The van der Waals surface area contributed by atoms with Crippen molar-refractivity contribution >= 4 is 22.8 Å². The van der Waals surface area contributed by atoms with Gasteiger partial charge >= 0.3 is 5.69 Å². The van der Waals surface area contributed by atoms with Crippen LogP contribution < -0.4 is 16.2 Å². The van der Waals surface area contributed by atoms with Crippen molar-refractivity contribution in [3.8, 4) is 17.2 Å². The number of anilines is 1. The quantitative estimate of drug-likeness (QED) is 0.351. The number of pyridine rings is 1. The lowest BCUT2D eigenvalue weighted by Crippen LogP contribution is -2.32. The number of benzene rings is 2. The van der Waals surface area contributed by atoms with E-state index in [0.29, 0.717) is 42.0 Å². The van der Waals surface area contributed by atoms with Crippen molar-refractivity contribution in [2.24, 2.45) is 0 Å². The lowest BCUT2D eigenvalue weighted by molar-refractivity contribution is -0.125. The minimum Gasteiger partial charge on any atom is -0.457 e. The number of nitrogens with two attached hydrogens (primary N) is 1. The average Bonchev–Trinajstić information content (AvgIpc) is 3.58. The maximum atomic E-state index is 13.9. The first-order valence-electron chi connectivity index (χ1n) is 14.0. The zero-order chi connectivity index (χ0) is 27.5. The van der Waals surface area contributed by atoms with Gasteiger partial charge in [-0.15, -0.1) is 0 Å². The van der Waals surface area contributed by atoms with Crippen molar-refractivity contribution in [1.82, 2.24) is 23.9 Å². The summed E-state index contributed by atoms with van der Waals surface area (Å²) in [4.78, 5) is 35.3. The molecule has 4 heterocycles. The lowest BCUT2D eigenvalue weighted by atomic mass is 10.1. The zero-order valence-corrected chi connectivity index (χ0v) is 22.5. The molecule has 2 fully saturated rings. The van der Waals surface area contributed by atoms with Gasteiger partial charge in [0.2, 0.25) is 5.91 Å². The van der Waals surface area contributed by atoms with Crippen molar-refractivity contribution in [3.05, 3.63) is 89.5 Å². The molecular weight excluding hydrogens is 504 g/mol. The van der Waals surface area contributed by atoms with E-state index in [4.69, 9.17) is 10.5 Å². The van der Waals surface area contributed by atoms with Crippen LogP contribution >= 0.6 is 0 Å². The Balaban J connectivity index is 1.23. The number of para-hydroxylation sites is 1. The van der Waals surface area contributed by atoms with E-state index in [-0.39, 0.29) is 23.5 Å². The highest BCUT2D eigenvalue weighted by atomic mass is 16.5. The summed E-state index contributed by atoms with van der Waals surface area (Å²) in [7, 11) is 0. The molecule has 4 aromatic rings. The Morgan fingerprint density at radius 3 is 2.50 bits per heavy atom. The molecule has 2 aliphatic heterocycles. The molecule has 9 heteroatoms. The van der Waals surface area contributed by atoms with Crippen molar-refractivity contribution in [2.45, 2.75) is 31.7 Å². The van der Waals surface area contributed by atoms with E-state index in [0.717, 1.165) is 25.4 Å². The maximum Gasteiger partial charge on any atom is 0.334 e. The topological polar surface area (TPSA) is 98.6 Å². The molecule has 0 radical (unpaired) electrons. The van der Waals surface area contributed by atoms with E-state index >= 15 is 0 Å². The number of hydrogen-bond donors (Lipinski definition) is 1. The summed E-state index contributed by atoms with van der Waals surface area (Å²) in [6, 6.07) is 18.5. The Kier molecular flexibility index (Phi) is 7.37. The molecule has 0 unspecified atom stereocenters. The molecule has 2 aromatic heterocycles. The highest BCUT2D eigenvalue weighted by Gasteiger charge is 2.30. The molecule has 1 atom stereocenters. The maximum absolute atomic E-state index is 13.9. The van der Waals surface area contributed by atoms with Gasteiger partial charge in [-0.05, 0) is 74.8 Å². The van der Waals surface area contributed by atoms with Gasteiger partial charge in [0.05, 0.1) is 17.2 Å². The van der Waals surface area contributed by atoms with E-state index in [1.54, 1.807) is 21.4 Å². The third-order valence-electron chi connectivity index (χ3n) is 7.80. The third-order valence-corrected chi connectivity index (χ3v) is 7.80. The van der Waals surface area contributed by atoms with E-state index < -0.39 is 0 Å². The van der Waals surface area contributed by atoms with Crippen LogP contribution in [0.3, 0.4) is 0 Å². The molecule has 9 nitrogen and oxygen atoms in total. The number of imidazole rings is 1. The number of carbonyl (C=O) groups is 1. The first-order valence-corrected chi connectivity index (χ1v) is 14.0. The Hall–Kier alpha value is -4.37. The SMILES string of the molecule is Nc1nccc2c1n(-c1ccc(Oc3ccccc3)cc1)c(=O)n2[C@@H]1CCN(C(=O)/C=C/CN2CCCCC2)C1. The Morgan fingerprint density at radius 1 is 0.975 bits per heavy atom. The number of likely N-dealkylation sites (tertiary alicyclic amines) is 2. The summed E-state index contributed by atoms with van der Waals surface area (Å²) in [5.74, 6) is 1.67. The number of piperidine rings is 1. The molecule has 2 aromatic carbocycles. The van der Waals surface area contributed by atoms with Crippen LogP contribution in [0.25, 0.3) is 16.7 Å². The van der Waals surface area contributed by atoms with Gasteiger partial charge < -0.3 is 15.4 Å². The van der Waals surface area contributed by atoms with Gasteiger partial charge in [0.1, 0.15) is 22.8 Å². The molecule has 2 saturated heterocycles. The largest absolute Gasteiger partial charge is 0.457 e.